The van der Waals surface area contributed by atoms with Crippen molar-refractivity contribution in [1.29, 1.82) is 0 Å². The molecule has 2 amide bonds. The highest BCUT2D eigenvalue weighted by Crippen LogP contribution is 2.68. The van der Waals surface area contributed by atoms with Crippen molar-refractivity contribution in [2.45, 2.75) is 192 Å². The summed E-state index contributed by atoms with van der Waals surface area (Å²) in [6.45, 7) is 11.4. The van der Waals surface area contributed by atoms with Crippen molar-refractivity contribution >= 4 is 50.5 Å². The topological polar surface area (TPSA) is 349 Å². The Morgan fingerprint density at radius 2 is 1.54 bits per heavy atom. The summed E-state index contributed by atoms with van der Waals surface area (Å²) in [7, 11) is -7.27. The molecule has 4 rings (SSSR count). The van der Waals surface area contributed by atoms with Crippen LogP contribution in [0.4, 0.5) is 4.79 Å². The molecule has 3 heterocycles. The molecule has 0 aromatic heterocycles. The number of fused-ring (bicyclic) bond motifs is 3. The molecule has 4 aliphatic rings. The van der Waals surface area contributed by atoms with Crippen molar-refractivity contribution in [1.82, 2.24) is 10.2 Å². The molecule has 1 saturated carbocycles. The maximum atomic E-state index is 14.6. The Kier molecular flexibility index (Phi) is 25.9. The number of rotatable bonds is 12. The number of ketones is 3. The van der Waals surface area contributed by atoms with E-state index in [4.69, 9.17) is 28.4 Å². The minimum absolute atomic E-state index is 0.00727. The number of carbonyl (C=O) groups is 6. The van der Waals surface area contributed by atoms with E-state index in [1.807, 2.05) is 44.2 Å². The predicted octanol–water partition coefficient (Wildman–Crippen LogP) is 5.31. The second-order valence-corrected chi connectivity index (χ2v) is 26.5. The number of nitrogens with one attached hydrogen (secondary N) is 1. The number of allylic oxidation sites excluding steroid dienone is 6. The van der Waals surface area contributed by atoms with E-state index in [1.165, 1.54) is 27.4 Å². The van der Waals surface area contributed by atoms with E-state index in [-0.39, 0.29) is 55.6 Å². The summed E-state index contributed by atoms with van der Waals surface area (Å²) in [6, 6.07) is -1.27. The van der Waals surface area contributed by atoms with Crippen molar-refractivity contribution in [3.8, 4) is 0 Å². The number of hydrogen-bond acceptors (Lipinski definition) is 17. The number of carbonyl (C=O) groups excluding carboxylic acids is 6. The number of piperidine rings is 1. The van der Waals surface area contributed by atoms with Crippen molar-refractivity contribution in [2.75, 3.05) is 34.4 Å². The summed E-state index contributed by atoms with van der Waals surface area (Å²) in [6.07, 6.45) is 5.64. The summed E-state index contributed by atoms with van der Waals surface area (Å²) in [5.41, 5.74) is 1.13. The van der Waals surface area contributed by atoms with Crippen LogP contribution in [0.3, 0.4) is 0 Å². The minimum Gasteiger partial charge on any atom is -0.460 e. The van der Waals surface area contributed by atoms with Gasteiger partial charge in [-0.15, -0.1) is 0 Å². The minimum atomic E-state index is -5.77. The monoisotopic (exact) mass is 1170 g/mol. The third-order valence-corrected chi connectivity index (χ3v) is 20.3. The second-order valence-electron chi connectivity index (χ2n) is 22.5. The van der Waals surface area contributed by atoms with Gasteiger partial charge in [0, 0.05) is 71.4 Å². The van der Waals surface area contributed by atoms with Crippen LogP contribution in [0.15, 0.2) is 47.6 Å². The lowest BCUT2D eigenvalue weighted by atomic mass is 9.78. The standard InChI is InChI=1S/C55H88N2O21P2/c1-32-16-12-11-13-17-33(2)44(73-8)30-40-21-19-38(7)55(66,78-40)50(61)51(62)57-25-15-14-18-41(57)52(63)76-45(31-42(58)34(3)27-37(6)48(60)49(75-10)47(59)36(5)26-32)35(4)28-39-20-22-43(46(29-39)74-9)77-53(64)56-24-23-54(65,79(67,68)69)80(70,71)72/h11-13,16-17,27,32,34-36,38-41,43-46,48-49,60,65-66H,14-15,18-26,28-31H2,1-10H3,(H,56,64)(H2,67,68,69)(H2,70,71,72)/b13-11+,16-12+,33-17+,37-27+/t32-,34-,35-,36-,38-,39+,40+,41+,43-,44+,45+,46-,48-,49+,55-/m1/s1. The molecule has 2 bridgehead atoms. The molecule has 454 valence electrons. The maximum absolute atomic E-state index is 14.6. The normalized spacial score (nSPS) is 35.6. The van der Waals surface area contributed by atoms with Gasteiger partial charge in [0.25, 0.3) is 16.8 Å². The van der Waals surface area contributed by atoms with Gasteiger partial charge in [-0.05, 0) is 107 Å². The van der Waals surface area contributed by atoms with E-state index >= 15 is 0 Å². The van der Waals surface area contributed by atoms with Gasteiger partial charge in [0.1, 0.15) is 36.2 Å². The molecular formula is C55H88N2O21P2. The Balaban J connectivity index is 1.64. The molecular weight excluding hydrogens is 1090 g/mol. The van der Waals surface area contributed by atoms with Crippen molar-refractivity contribution in [2.24, 2.45) is 35.5 Å². The van der Waals surface area contributed by atoms with Crippen LogP contribution >= 0.6 is 15.2 Å². The van der Waals surface area contributed by atoms with Crippen LogP contribution in [0.1, 0.15) is 132 Å². The van der Waals surface area contributed by atoms with Crippen LogP contribution in [-0.2, 0) is 61.5 Å². The van der Waals surface area contributed by atoms with Gasteiger partial charge in [-0.1, -0.05) is 71.1 Å². The number of aliphatic hydroxyl groups is 3. The van der Waals surface area contributed by atoms with Crippen molar-refractivity contribution in [3.63, 3.8) is 0 Å². The van der Waals surface area contributed by atoms with Gasteiger partial charge < -0.3 is 73.5 Å². The first-order valence-corrected chi connectivity index (χ1v) is 30.8. The maximum Gasteiger partial charge on any atom is 0.407 e. The summed E-state index contributed by atoms with van der Waals surface area (Å²) in [5, 5.41) is 32.1. The zero-order chi connectivity index (χ0) is 60.1. The van der Waals surface area contributed by atoms with Crippen LogP contribution in [0.5, 0.6) is 0 Å². The molecule has 15 atom stereocenters. The Bertz CT molecular complexity index is 2360. The Labute approximate surface area is 469 Å². The summed E-state index contributed by atoms with van der Waals surface area (Å²) in [4.78, 5) is 123. The molecule has 0 aromatic carbocycles. The number of aliphatic hydroxyl groups excluding tert-OH is 1. The first-order valence-electron chi connectivity index (χ1n) is 27.6. The first-order chi connectivity index (χ1) is 37.3. The van der Waals surface area contributed by atoms with E-state index in [0.717, 1.165) is 10.5 Å². The first kappa shape index (κ1) is 68.7. The number of esters is 1. The number of cyclic esters (lactones) is 1. The quantitative estimate of drug-likeness (QED) is 0.0531. The average Bonchev–Trinajstić information content (AvgIpc) is 3.42. The number of alkyl carbamates (subject to hydrolysis) is 1. The van der Waals surface area contributed by atoms with Crippen LogP contribution in [0.25, 0.3) is 0 Å². The number of nitrogens with zero attached hydrogens (tertiary/aromatic N) is 1. The highest BCUT2D eigenvalue weighted by atomic mass is 31.2. The average molecular weight is 1180 g/mol. The Hall–Kier alpha value is -3.80. The SMILES string of the molecule is CO[C@H]1C[C@@H]2CC[C@@H](C)[C@@](O)(O2)C(=O)C(=O)N2CCCC[C@H]2C(=O)O[C@H]([C@H](C)C[C@@H]2CC[C@@H](OC(=O)NCCC(O)(P(=O)(O)O)P(=O)(O)O)[C@H](OC)C2)CC(=O)[C@H](C)/C=C(\C)[C@@H](O)[C@@H](OC)C(=O)[C@H](C)C[C@H](C)/C=C/C=C/C=C/1C. The van der Waals surface area contributed by atoms with Gasteiger partial charge in [-0.2, -0.15) is 0 Å². The molecule has 0 aromatic rings. The third kappa shape index (κ3) is 17.9. The summed E-state index contributed by atoms with van der Waals surface area (Å²) < 4.78 is 58.6. The van der Waals surface area contributed by atoms with Gasteiger partial charge >= 0.3 is 27.3 Å². The van der Waals surface area contributed by atoms with Crippen molar-refractivity contribution in [3.05, 3.63) is 47.6 Å². The number of Topliss-reactive ketones (excluding diaryl/α,β-unsaturated/α-hetero) is 3. The van der Waals surface area contributed by atoms with Crippen LogP contribution in [0, 0.1) is 35.5 Å². The molecule has 80 heavy (non-hydrogen) atoms. The van der Waals surface area contributed by atoms with Crippen molar-refractivity contribution < 1.29 is 101 Å². The largest absolute Gasteiger partial charge is 0.460 e. The van der Waals surface area contributed by atoms with Crippen LogP contribution in [0.2, 0.25) is 0 Å². The molecule has 0 unspecified atom stereocenters. The molecule has 23 nitrogen and oxygen atoms in total. The smallest absolute Gasteiger partial charge is 0.407 e. The lowest BCUT2D eigenvalue weighted by molar-refractivity contribution is -0.265. The number of hydrogen-bond donors (Lipinski definition) is 8. The molecule has 3 fully saturated rings. The van der Waals surface area contributed by atoms with E-state index in [0.29, 0.717) is 56.9 Å². The Morgan fingerprint density at radius 3 is 2.16 bits per heavy atom. The Morgan fingerprint density at radius 1 is 0.863 bits per heavy atom. The number of amides is 2. The molecule has 2 saturated heterocycles. The third-order valence-electron chi connectivity index (χ3n) is 16.4. The van der Waals surface area contributed by atoms with Gasteiger partial charge in [-0.3, -0.25) is 28.3 Å². The van der Waals surface area contributed by atoms with Gasteiger partial charge in [0.05, 0.1) is 18.3 Å². The molecule has 3 aliphatic heterocycles. The molecule has 25 heteroatoms. The van der Waals surface area contributed by atoms with Gasteiger partial charge in [-0.25, -0.2) is 9.59 Å². The molecule has 1 aliphatic carbocycles. The van der Waals surface area contributed by atoms with Gasteiger partial charge in [0.2, 0.25) is 5.79 Å². The van der Waals surface area contributed by atoms with Crippen LogP contribution < -0.4 is 5.32 Å². The van der Waals surface area contributed by atoms with E-state index in [1.54, 1.807) is 34.6 Å². The van der Waals surface area contributed by atoms with E-state index < -0.39 is 135 Å². The van der Waals surface area contributed by atoms with E-state index in [2.05, 4.69) is 5.32 Å². The zero-order valence-electron chi connectivity index (χ0n) is 47.8. The fourth-order valence-corrected chi connectivity index (χ4v) is 13.4. The number of methoxy groups -OCH3 is 3. The fourth-order valence-electron chi connectivity index (χ4n) is 11.2. The molecule has 8 N–H and O–H groups in total. The highest BCUT2D eigenvalue weighted by Gasteiger charge is 2.59. The van der Waals surface area contributed by atoms with Gasteiger partial charge in [0.15, 0.2) is 5.78 Å². The van der Waals surface area contributed by atoms with E-state index in [9.17, 15) is 72.8 Å². The predicted molar refractivity (Wildman–Crippen MR) is 291 cm³/mol. The zero-order valence-corrected chi connectivity index (χ0v) is 49.6. The molecule has 0 spiro atoms. The summed E-state index contributed by atoms with van der Waals surface area (Å²) in [5.74, 6) is -9.36. The second kappa shape index (κ2) is 30.1. The van der Waals surface area contributed by atoms with Crippen LogP contribution in [-0.4, -0.2) is 169 Å². The highest BCUT2D eigenvalue weighted by molar-refractivity contribution is 7.72. The lowest BCUT2D eigenvalue weighted by Gasteiger charge is -2.42. The fraction of sp³-hybridized carbons (Fsp3) is 0.745. The molecule has 0 radical (unpaired) electrons. The summed E-state index contributed by atoms with van der Waals surface area (Å²) >= 11 is 0. The number of ether oxygens (including phenoxy) is 6. The lowest BCUT2D eigenvalue weighted by Crippen LogP contribution is -2.61.